The van der Waals surface area contributed by atoms with E-state index in [1.54, 1.807) is 25.7 Å². The van der Waals surface area contributed by atoms with Crippen LogP contribution in [0.25, 0.3) is 0 Å². The Morgan fingerprint density at radius 1 is 0.840 bits per heavy atom. The summed E-state index contributed by atoms with van der Waals surface area (Å²) in [4.78, 5) is 10.1. The molecule has 2 rings (SSSR count). The van der Waals surface area contributed by atoms with Gasteiger partial charge in [0.2, 0.25) is 0 Å². The molecule has 25 heavy (non-hydrogen) atoms. The Morgan fingerprint density at radius 3 is 1.80 bits per heavy atom. The molecule has 2 aliphatic carbocycles. The predicted octanol–water partition coefficient (Wildman–Crippen LogP) is 5.56. The van der Waals surface area contributed by atoms with Crippen molar-refractivity contribution in [1.29, 1.82) is 0 Å². The van der Waals surface area contributed by atoms with Crippen molar-refractivity contribution in [2.75, 3.05) is 0 Å². The molecule has 2 nitrogen and oxygen atoms in total. The molecule has 0 amide bonds. The monoisotopic (exact) mass is 382 g/mol. The first-order chi connectivity index (χ1) is 11.7. The van der Waals surface area contributed by atoms with Gasteiger partial charge in [0.05, 0.1) is 5.92 Å². The van der Waals surface area contributed by atoms with Crippen molar-refractivity contribution < 1.29 is 27.0 Å². The van der Waals surface area contributed by atoms with Crippen molar-refractivity contribution in [3.8, 4) is 0 Å². The summed E-state index contributed by atoms with van der Waals surface area (Å²) in [5, 5.41) is 8.27. The molecule has 2 aliphatic rings. The van der Waals surface area contributed by atoms with E-state index in [4.69, 9.17) is 5.11 Å². The summed E-state index contributed by atoms with van der Waals surface area (Å²) in [6, 6.07) is 0. The topological polar surface area (TPSA) is 37.3 Å². The Hall–Kier alpha value is -0.271. The fourth-order valence-electron chi connectivity index (χ4n) is 2.60. The Bertz CT molecular complexity index is 318. The summed E-state index contributed by atoms with van der Waals surface area (Å²) >= 11 is 0. The molecule has 0 unspecified atom stereocenters. The number of rotatable bonds is 11. The Labute approximate surface area is 166 Å². The van der Waals surface area contributed by atoms with E-state index in [1.807, 2.05) is 6.08 Å². The van der Waals surface area contributed by atoms with Crippen LogP contribution >= 0.6 is 0 Å². The summed E-state index contributed by atoms with van der Waals surface area (Å²) in [5.74, 6) is 0.992. The Balaban J connectivity index is 0.000000540. The van der Waals surface area contributed by atoms with E-state index in [2.05, 4.69) is 32.3 Å². The Morgan fingerprint density at radius 2 is 1.32 bits per heavy atom. The number of aliphatic carboxylic acids is 1. The first-order valence-corrected chi connectivity index (χ1v) is 9.00. The van der Waals surface area contributed by atoms with Gasteiger partial charge in [0, 0.05) is 0 Å². The second kappa shape index (κ2) is 17.2. The molecule has 0 aliphatic heterocycles. The van der Waals surface area contributed by atoms with Gasteiger partial charge in [0.25, 0.3) is 0 Å². The van der Waals surface area contributed by atoms with Crippen LogP contribution in [0, 0.1) is 63.2 Å². The molecule has 0 spiro atoms. The van der Waals surface area contributed by atoms with Crippen LogP contribution in [0.3, 0.4) is 0 Å². The largest absolute Gasteiger partial charge is 2.00 e. The zero-order valence-corrected chi connectivity index (χ0v) is 16.1. The van der Waals surface area contributed by atoms with Crippen LogP contribution in [-0.4, -0.2) is 11.1 Å². The quantitative estimate of drug-likeness (QED) is 0.288. The second-order valence-corrected chi connectivity index (χ2v) is 6.07. The van der Waals surface area contributed by atoms with Gasteiger partial charge in [-0.25, -0.2) is 0 Å². The van der Waals surface area contributed by atoms with Crippen LogP contribution < -0.4 is 0 Å². The van der Waals surface area contributed by atoms with Gasteiger partial charge in [0.1, 0.15) is 0 Å². The molecular formula is C22H30FeO2+2. The zero-order valence-electron chi connectivity index (χ0n) is 15.0. The number of carboxylic acids is 1. The van der Waals surface area contributed by atoms with Gasteiger partial charge in [-0.1, -0.05) is 44.6 Å². The normalized spacial score (nSPS) is 17.6. The van der Waals surface area contributed by atoms with Crippen LogP contribution in [0.2, 0.25) is 0 Å². The molecule has 2 saturated carbocycles. The molecule has 0 heterocycles. The minimum atomic E-state index is -0.866. The number of hydrogen-bond donors (Lipinski definition) is 1. The molecule has 10 radical (unpaired) electrons. The van der Waals surface area contributed by atoms with Crippen molar-refractivity contribution in [3.63, 3.8) is 0 Å². The molecule has 0 aromatic rings. The number of carbonyl (C=O) groups is 1. The summed E-state index contributed by atoms with van der Waals surface area (Å²) in [5.41, 5.74) is 0. The first-order valence-electron chi connectivity index (χ1n) is 9.00. The van der Waals surface area contributed by atoms with Gasteiger partial charge < -0.3 is 5.11 Å². The van der Waals surface area contributed by atoms with Crippen molar-refractivity contribution in [2.24, 2.45) is 0 Å². The van der Waals surface area contributed by atoms with Gasteiger partial charge in [-0.05, 0) is 76.5 Å². The van der Waals surface area contributed by atoms with Crippen LogP contribution in [-0.2, 0) is 21.9 Å². The van der Waals surface area contributed by atoms with E-state index in [-0.39, 0.29) is 17.1 Å². The fraction of sp³-hybridized carbons (Fsp3) is 0.409. The molecule has 1 N–H and O–H groups in total. The molecule has 0 saturated heterocycles. The van der Waals surface area contributed by atoms with Crippen LogP contribution in [0.15, 0.2) is 12.7 Å². The van der Waals surface area contributed by atoms with Gasteiger partial charge in [0.15, 0.2) is 0 Å². The van der Waals surface area contributed by atoms with Gasteiger partial charge >= 0.3 is 23.0 Å². The van der Waals surface area contributed by atoms with Gasteiger partial charge in [-0.15, -0.1) is 6.58 Å². The molecular weight excluding hydrogens is 352 g/mol. The SMILES string of the molecule is C=CCCCCCCCCC[C]1[CH][CH][CH][CH]1.O=C(O)[C]1[CH][CH][CH][CH]1.[Fe+2]. The minimum absolute atomic E-state index is 0. The van der Waals surface area contributed by atoms with Gasteiger partial charge in [-0.2, -0.15) is 0 Å². The van der Waals surface area contributed by atoms with Crippen molar-refractivity contribution in [3.05, 3.63) is 75.9 Å². The van der Waals surface area contributed by atoms with Crippen LogP contribution in [0.5, 0.6) is 0 Å². The molecule has 0 aromatic heterocycles. The van der Waals surface area contributed by atoms with Crippen LogP contribution in [0.1, 0.15) is 57.8 Å². The summed E-state index contributed by atoms with van der Waals surface area (Å²) in [6.07, 6.45) is 29.4. The summed E-state index contributed by atoms with van der Waals surface area (Å²) in [6.45, 7) is 3.74. The summed E-state index contributed by atoms with van der Waals surface area (Å²) < 4.78 is 0. The molecule has 0 aromatic carbocycles. The fourth-order valence-corrected chi connectivity index (χ4v) is 2.60. The smallest absolute Gasteiger partial charge is 0.481 e. The average Bonchev–Trinajstić information content (AvgIpc) is 3.27. The molecule has 3 heteroatoms. The molecule has 2 fully saturated rings. The van der Waals surface area contributed by atoms with Crippen molar-refractivity contribution in [2.45, 2.75) is 57.8 Å². The minimum Gasteiger partial charge on any atom is -0.481 e. The van der Waals surface area contributed by atoms with Gasteiger partial charge in [-0.3, -0.25) is 4.79 Å². The first kappa shape index (κ1) is 24.7. The third kappa shape index (κ3) is 13.6. The molecule has 136 valence electrons. The number of unbranched alkanes of at least 4 members (excludes halogenated alkanes) is 7. The van der Waals surface area contributed by atoms with E-state index in [0.717, 1.165) is 0 Å². The van der Waals surface area contributed by atoms with E-state index in [9.17, 15) is 4.79 Å². The van der Waals surface area contributed by atoms with Crippen molar-refractivity contribution in [1.82, 2.24) is 0 Å². The standard InChI is InChI=1S/C16H25.C6H5O2.Fe/c1-2-3-4-5-6-7-8-9-10-13-16-14-11-12-15-16;7-6(8)5-3-1-2-4-5;/h2,11-12,14-15H,1,3-10,13H2;1-4H,(H,7,8);/q;;+2. The van der Waals surface area contributed by atoms with E-state index in [1.165, 1.54) is 63.7 Å². The predicted molar refractivity (Wildman–Crippen MR) is 100 cm³/mol. The van der Waals surface area contributed by atoms with E-state index >= 15 is 0 Å². The third-order valence-electron chi connectivity index (χ3n) is 4.02. The summed E-state index contributed by atoms with van der Waals surface area (Å²) in [7, 11) is 0. The number of carboxylic acid groups (broad SMARTS) is 1. The van der Waals surface area contributed by atoms with Crippen molar-refractivity contribution >= 4 is 5.97 Å². The molecule has 0 atom stereocenters. The maximum atomic E-state index is 10.1. The maximum Gasteiger partial charge on any atom is 2.00 e. The van der Waals surface area contributed by atoms with E-state index in [0.29, 0.717) is 5.92 Å². The molecule has 0 bridgehead atoms. The second-order valence-electron chi connectivity index (χ2n) is 6.07. The Kier molecular flexibility index (Phi) is 17.0. The maximum absolute atomic E-state index is 10.1. The van der Waals surface area contributed by atoms with E-state index < -0.39 is 5.97 Å². The zero-order chi connectivity index (χ0) is 17.5. The number of allylic oxidation sites excluding steroid dienone is 1. The van der Waals surface area contributed by atoms with Crippen LogP contribution in [0.4, 0.5) is 0 Å². The average molecular weight is 382 g/mol. The third-order valence-corrected chi connectivity index (χ3v) is 4.02. The number of hydrogen-bond acceptors (Lipinski definition) is 1.